The smallest absolute Gasteiger partial charge is 0.229 e. The highest BCUT2D eigenvalue weighted by atomic mass is 16.7. The summed E-state index contributed by atoms with van der Waals surface area (Å²) < 4.78 is 22.1. The standard InChI is InChI=1S/C26H32O13/c27-10-17-19(31)20(32)22(34)26(37-17)39-24-18(11-28)38-25(23(35)21(24)33)36-16-5-3-12(4-6-16)1-2-13-7-14(29)9-15(30)8-13/h1-9,17-35H,10-11H2. The molecule has 0 radical (unpaired) electrons. The van der Waals surface area contributed by atoms with Crippen molar-refractivity contribution in [1.82, 2.24) is 0 Å². The van der Waals surface area contributed by atoms with Crippen LogP contribution in [0, 0.1) is 0 Å². The number of phenolic OH excluding ortho intramolecular Hbond substituents is 2. The van der Waals surface area contributed by atoms with Crippen molar-refractivity contribution in [3.63, 3.8) is 0 Å². The van der Waals surface area contributed by atoms with Crippen LogP contribution in [0.2, 0.25) is 0 Å². The zero-order valence-corrected chi connectivity index (χ0v) is 20.5. The number of rotatable bonds is 8. The fourth-order valence-electron chi connectivity index (χ4n) is 4.35. The molecule has 2 aromatic carbocycles. The average Bonchev–Trinajstić information content (AvgIpc) is 2.91. The first-order valence-electron chi connectivity index (χ1n) is 12.2. The van der Waals surface area contributed by atoms with E-state index in [-0.39, 0.29) is 17.2 Å². The van der Waals surface area contributed by atoms with Gasteiger partial charge in [-0.25, -0.2) is 0 Å². The van der Waals surface area contributed by atoms with Crippen LogP contribution in [0.5, 0.6) is 17.2 Å². The summed E-state index contributed by atoms with van der Waals surface area (Å²) in [5.74, 6) is 0.116. The van der Waals surface area contributed by atoms with E-state index in [1.54, 1.807) is 36.4 Å². The summed E-state index contributed by atoms with van der Waals surface area (Å²) in [6, 6.07) is 10.7. The third-order valence-corrected chi connectivity index (χ3v) is 6.49. The third kappa shape index (κ3) is 6.67. The first kappa shape index (κ1) is 29.2. The molecule has 10 atom stereocenters. The molecule has 2 saturated heterocycles. The summed E-state index contributed by atoms with van der Waals surface area (Å²) >= 11 is 0. The van der Waals surface area contributed by atoms with E-state index < -0.39 is 74.6 Å². The van der Waals surface area contributed by atoms with Crippen LogP contribution in [-0.2, 0) is 14.2 Å². The average molecular weight is 553 g/mol. The molecule has 13 nitrogen and oxygen atoms in total. The lowest BCUT2D eigenvalue weighted by Crippen LogP contribution is -2.65. The number of hydrogen-bond acceptors (Lipinski definition) is 13. The molecule has 10 unspecified atom stereocenters. The SMILES string of the molecule is OCC1OC(OC2C(CO)OC(Oc3ccc(C=Cc4cc(O)cc(O)c4)cc3)C(O)C2O)C(O)C(O)C1O. The van der Waals surface area contributed by atoms with E-state index in [1.807, 2.05) is 0 Å². The van der Waals surface area contributed by atoms with Gasteiger partial charge in [-0.15, -0.1) is 0 Å². The van der Waals surface area contributed by atoms with E-state index in [9.17, 15) is 46.0 Å². The number of phenols is 2. The zero-order chi connectivity index (χ0) is 28.3. The molecule has 0 saturated carbocycles. The van der Waals surface area contributed by atoms with Crippen molar-refractivity contribution in [2.75, 3.05) is 13.2 Å². The highest BCUT2D eigenvalue weighted by molar-refractivity contribution is 5.71. The number of aliphatic hydroxyl groups is 7. The van der Waals surface area contributed by atoms with Crippen molar-refractivity contribution in [3.05, 3.63) is 53.6 Å². The third-order valence-electron chi connectivity index (χ3n) is 6.49. The van der Waals surface area contributed by atoms with Crippen molar-refractivity contribution in [3.8, 4) is 17.2 Å². The van der Waals surface area contributed by atoms with Gasteiger partial charge in [0, 0.05) is 6.07 Å². The van der Waals surface area contributed by atoms with Gasteiger partial charge in [0.1, 0.15) is 66.1 Å². The molecule has 2 fully saturated rings. The van der Waals surface area contributed by atoms with Crippen LogP contribution in [0.25, 0.3) is 12.2 Å². The Hall–Kier alpha value is -2.82. The quantitative estimate of drug-likeness (QED) is 0.167. The van der Waals surface area contributed by atoms with Gasteiger partial charge in [-0.3, -0.25) is 0 Å². The van der Waals surface area contributed by atoms with E-state index in [0.29, 0.717) is 5.56 Å². The van der Waals surface area contributed by atoms with Crippen LogP contribution in [-0.4, -0.2) is 121 Å². The molecule has 4 rings (SSSR count). The number of ether oxygens (including phenoxy) is 4. The van der Waals surface area contributed by atoms with Crippen molar-refractivity contribution >= 4 is 12.2 Å². The highest BCUT2D eigenvalue weighted by Crippen LogP contribution is 2.30. The first-order valence-corrected chi connectivity index (χ1v) is 12.2. The Morgan fingerprint density at radius 1 is 0.641 bits per heavy atom. The summed E-state index contributed by atoms with van der Waals surface area (Å²) in [6.07, 6.45) is -12.0. The van der Waals surface area contributed by atoms with Crippen molar-refractivity contribution in [2.45, 2.75) is 61.4 Å². The molecule has 0 bridgehead atoms. The van der Waals surface area contributed by atoms with Gasteiger partial charge in [-0.05, 0) is 35.4 Å². The summed E-state index contributed by atoms with van der Waals surface area (Å²) in [6.45, 7) is -1.37. The summed E-state index contributed by atoms with van der Waals surface area (Å²) in [7, 11) is 0. The number of hydrogen-bond donors (Lipinski definition) is 9. The molecule has 39 heavy (non-hydrogen) atoms. The lowest BCUT2D eigenvalue weighted by molar-refractivity contribution is -0.352. The Morgan fingerprint density at radius 3 is 1.82 bits per heavy atom. The summed E-state index contributed by atoms with van der Waals surface area (Å²) in [4.78, 5) is 0. The number of aliphatic hydroxyl groups excluding tert-OH is 7. The van der Waals surface area contributed by atoms with Gasteiger partial charge in [-0.2, -0.15) is 0 Å². The lowest BCUT2D eigenvalue weighted by atomic mass is 9.97. The van der Waals surface area contributed by atoms with E-state index >= 15 is 0 Å². The summed E-state index contributed by atoms with van der Waals surface area (Å²) in [5, 5.41) is 89.8. The molecule has 2 aliphatic rings. The van der Waals surface area contributed by atoms with Gasteiger partial charge in [0.25, 0.3) is 0 Å². The van der Waals surface area contributed by atoms with Gasteiger partial charge >= 0.3 is 0 Å². The maximum absolute atomic E-state index is 10.7. The molecule has 9 N–H and O–H groups in total. The monoisotopic (exact) mass is 552 g/mol. The van der Waals surface area contributed by atoms with Crippen LogP contribution in [0.15, 0.2) is 42.5 Å². The van der Waals surface area contributed by atoms with E-state index in [1.165, 1.54) is 18.2 Å². The van der Waals surface area contributed by atoms with Gasteiger partial charge in [0.2, 0.25) is 6.29 Å². The predicted octanol–water partition coefficient (Wildman–Crippen LogP) is -1.73. The Balaban J connectivity index is 1.40. The second kappa shape index (κ2) is 12.6. The van der Waals surface area contributed by atoms with Crippen molar-refractivity contribution < 1.29 is 64.9 Å². The Kier molecular flexibility index (Phi) is 9.40. The second-order valence-electron chi connectivity index (χ2n) is 9.31. The molecule has 13 heteroatoms. The summed E-state index contributed by atoms with van der Waals surface area (Å²) in [5.41, 5.74) is 1.33. The van der Waals surface area contributed by atoms with Crippen molar-refractivity contribution in [1.29, 1.82) is 0 Å². The maximum atomic E-state index is 10.7. The first-order chi connectivity index (χ1) is 18.6. The molecular formula is C26H32O13. The minimum atomic E-state index is -1.76. The molecular weight excluding hydrogens is 520 g/mol. The fourth-order valence-corrected chi connectivity index (χ4v) is 4.35. The molecule has 0 spiro atoms. The Labute approximate surface area is 222 Å². The normalized spacial score (nSPS) is 35.3. The van der Waals surface area contributed by atoms with Crippen LogP contribution >= 0.6 is 0 Å². The van der Waals surface area contributed by atoms with Crippen LogP contribution in [0.4, 0.5) is 0 Å². The van der Waals surface area contributed by atoms with Crippen molar-refractivity contribution in [2.24, 2.45) is 0 Å². The van der Waals surface area contributed by atoms with E-state index in [4.69, 9.17) is 18.9 Å². The van der Waals surface area contributed by atoms with Crippen LogP contribution in [0.3, 0.4) is 0 Å². The van der Waals surface area contributed by atoms with Crippen LogP contribution in [0.1, 0.15) is 11.1 Å². The Bertz CT molecular complexity index is 1090. The largest absolute Gasteiger partial charge is 0.508 e. The topological polar surface area (TPSA) is 219 Å². The minimum Gasteiger partial charge on any atom is -0.508 e. The Morgan fingerprint density at radius 2 is 1.21 bits per heavy atom. The van der Waals surface area contributed by atoms with Gasteiger partial charge in [0.05, 0.1) is 13.2 Å². The minimum absolute atomic E-state index is 0.0753. The van der Waals surface area contributed by atoms with Crippen LogP contribution < -0.4 is 4.74 Å². The second-order valence-corrected chi connectivity index (χ2v) is 9.31. The molecule has 2 aromatic rings. The molecule has 0 aliphatic carbocycles. The molecule has 2 heterocycles. The van der Waals surface area contributed by atoms with Gasteiger partial charge in [0.15, 0.2) is 6.29 Å². The maximum Gasteiger partial charge on any atom is 0.229 e. The van der Waals surface area contributed by atoms with E-state index in [2.05, 4.69) is 0 Å². The number of aromatic hydroxyl groups is 2. The lowest BCUT2D eigenvalue weighted by Gasteiger charge is -2.45. The molecule has 214 valence electrons. The fraction of sp³-hybridized carbons (Fsp3) is 0.462. The zero-order valence-electron chi connectivity index (χ0n) is 20.5. The highest BCUT2D eigenvalue weighted by Gasteiger charge is 2.51. The van der Waals surface area contributed by atoms with Gasteiger partial charge < -0.3 is 64.9 Å². The molecule has 0 aromatic heterocycles. The van der Waals surface area contributed by atoms with E-state index in [0.717, 1.165) is 5.56 Å². The molecule has 0 amide bonds. The number of benzene rings is 2. The van der Waals surface area contributed by atoms with Gasteiger partial charge in [-0.1, -0.05) is 24.3 Å². The predicted molar refractivity (Wildman–Crippen MR) is 132 cm³/mol. The molecule has 2 aliphatic heterocycles.